The van der Waals surface area contributed by atoms with Gasteiger partial charge in [0.2, 0.25) is 11.8 Å². The van der Waals surface area contributed by atoms with Crippen LogP contribution in [0.4, 0.5) is 0 Å². The molecule has 0 saturated carbocycles. The molecular weight excluding hydrogens is 256 g/mol. The lowest BCUT2D eigenvalue weighted by Gasteiger charge is -2.32. The van der Waals surface area contributed by atoms with E-state index in [1.165, 1.54) is 7.11 Å². The topological polar surface area (TPSA) is 58.6 Å². The van der Waals surface area contributed by atoms with Gasteiger partial charge in [0.25, 0.3) is 0 Å². The summed E-state index contributed by atoms with van der Waals surface area (Å²) in [5, 5.41) is 2.98. The molecule has 0 aromatic heterocycles. The summed E-state index contributed by atoms with van der Waals surface area (Å²) in [5.74, 6) is 0.582. The molecule has 104 valence electrons. The molecule has 6 heteroatoms. The average Bonchev–Trinajstić information content (AvgIpc) is 2.37. The molecule has 1 aliphatic heterocycles. The summed E-state index contributed by atoms with van der Waals surface area (Å²) < 4.78 is 4.82. The third-order valence-electron chi connectivity index (χ3n) is 3.02. The standard InChI is InChI=1S/C12H21ClN2O3/c1-18-9-12(17)15-7-4-10(5-8-15)14-11(16)3-2-6-13/h10H,2-9H2,1H3,(H,14,16). The summed E-state index contributed by atoms with van der Waals surface area (Å²) in [6.45, 7) is 1.50. The number of hydrogen-bond donors (Lipinski definition) is 1. The van der Waals surface area contributed by atoms with Crippen molar-refractivity contribution in [2.24, 2.45) is 0 Å². The van der Waals surface area contributed by atoms with Gasteiger partial charge in [-0.15, -0.1) is 11.6 Å². The van der Waals surface area contributed by atoms with Gasteiger partial charge in [0.1, 0.15) is 6.61 Å². The van der Waals surface area contributed by atoms with Crippen molar-refractivity contribution >= 4 is 23.4 Å². The number of alkyl halides is 1. The maximum atomic E-state index is 11.6. The fourth-order valence-corrected chi connectivity index (χ4v) is 2.15. The second kappa shape index (κ2) is 8.32. The lowest BCUT2D eigenvalue weighted by atomic mass is 10.0. The smallest absolute Gasteiger partial charge is 0.248 e. The molecule has 1 rings (SSSR count). The Morgan fingerprint density at radius 3 is 2.61 bits per heavy atom. The lowest BCUT2D eigenvalue weighted by molar-refractivity contribution is -0.136. The lowest BCUT2D eigenvalue weighted by Crippen LogP contribution is -2.47. The Kier molecular flexibility index (Phi) is 7.05. The van der Waals surface area contributed by atoms with Gasteiger partial charge in [-0.2, -0.15) is 0 Å². The summed E-state index contributed by atoms with van der Waals surface area (Å²) in [6.07, 6.45) is 2.80. The molecule has 0 atom stereocenters. The van der Waals surface area contributed by atoms with Crippen LogP contribution in [-0.2, 0) is 14.3 Å². The maximum Gasteiger partial charge on any atom is 0.248 e. The van der Waals surface area contributed by atoms with Crippen molar-refractivity contribution in [3.8, 4) is 0 Å². The van der Waals surface area contributed by atoms with E-state index in [0.29, 0.717) is 31.8 Å². The Morgan fingerprint density at radius 2 is 2.06 bits per heavy atom. The number of piperidine rings is 1. The maximum absolute atomic E-state index is 11.6. The van der Waals surface area contributed by atoms with E-state index in [9.17, 15) is 9.59 Å². The van der Waals surface area contributed by atoms with Gasteiger partial charge < -0.3 is 15.0 Å². The second-order valence-electron chi connectivity index (χ2n) is 4.45. The molecular formula is C12H21ClN2O3. The van der Waals surface area contributed by atoms with E-state index in [2.05, 4.69) is 5.32 Å². The molecule has 0 aliphatic carbocycles. The number of carbonyl (C=O) groups is 2. The molecule has 0 aromatic carbocycles. The monoisotopic (exact) mass is 276 g/mol. The molecule has 0 aromatic rings. The first-order valence-electron chi connectivity index (χ1n) is 6.29. The fraction of sp³-hybridized carbons (Fsp3) is 0.833. The highest BCUT2D eigenvalue weighted by molar-refractivity contribution is 6.17. The van der Waals surface area contributed by atoms with E-state index in [0.717, 1.165) is 12.8 Å². The zero-order valence-corrected chi connectivity index (χ0v) is 11.5. The molecule has 0 spiro atoms. The number of halogens is 1. The van der Waals surface area contributed by atoms with Crippen LogP contribution in [0.2, 0.25) is 0 Å². The van der Waals surface area contributed by atoms with Gasteiger partial charge in [0.05, 0.1) is 0 Å². The van der Waals surface area contributed by atoms with E-state index in [4.69, 9.17) is 16.3 Å². The zero-order chi connectivity index (χ0) is 13.4. The second-order valence-corrected chi connectivity index (χ2v) is 4.83. The van der Waals surface area contributed by atoms with E-state index in [1.54, 1.807) is 4.90 Å². The predicted molar refractivity (Wildman–Crippen MR) is 69.6 cm³/mol. The number of nitrogens with zero attached hydrogens (tertiary/aromatic N) is 1. The first-order valence-corrected chi connectivity index (χ1v) is 6.83. The van der Waals surface area contributed by atoms with Crippen LogP contribution in [0, 0.1) is 0 Å². The number of nitrogens with one attached hydrogen (secondary N) is 1. The molecule has 1 fully saturated rings. The fourth-order valence-electron chi connectivity index (χ4n) is 2.02. The van der Waals surface area contributed by atoms with E-state index < -0.39 is 0 Å². The van der Waals surface area contributed by atoms with E-state index >= 15 is 0 Å². The number of ether oxygens (including phenoxy) is 1. The van der Waals surface area contributed by atoms with Crippen LogP contribution >= 0.6 is 11.6 Å². The summed E-state index contributed by atoms with van der Waals surface area (Å²) in [7, 11) is 1.52. The van der Waals surface area contributed by atoms with Gasteiger partial charge >= 0.3 is 0 Å². The highest BCUT2D eigenvalue weighted by Crippen LogP contribution is 2.11. The Hall–Kier alpha value is -0.810. The number of hydrogen-bond acceptors (Lipinski definition) is 3. The number of carbonyl (C=O) groups excluding carboxylic acids is 2. The minimum absolute atomic E-state index is 0.0180. The van der Waals surface area contributed by atoms with Crippen LogP contribution in [0.1, 0.15) is 25.7 Å². The van der Waals surface area contributed by atoms with Gasteiger partial charge in [-0.05, 0) is 19.3 Å². The summed E-state index contributed by atoms with van der Waals surface area (Å²) >= 11 is 5.54. The van der Waals surface area contributed by atoms with Crippen molar-refractivity contribution in [2.75, 3.05) is 32.7 Å². The molecule has 1 saturated heterocycles. The van der Waals surface area contributed by atoms with Gasteiger partial charge in [-0.25, -0.2) is 0 Å². The van der Waals surface area contributed by atoms with Gasteiger partial charge in [0.15, 0.2) is 0 Å². The largest absolute Gasteiger partial charge is 0.375 e. The molecule has 1 heterocycles. The van der Waals surface area contributed by atoms with Crippen LogP contribution in [-0.4, -0.2) is 55.4 Å². The molecule has 0 unspecified atom stereocenters. The Balaban J connectivity index is 2.22. The number of rotatable bonds is 6. The first kappa shape index (κ1) is 15.2. The molecule has 0 bridgehead atoms. The van der Waals surface area contributed by atoms with Crippen LogP contribution < -0.4 is 5.32 Å². The first-order chi connectivity index (χ1) is 8.67. The van der Waals surface area contributed by atoms with Gasteiger partial charge in [-0.3, -0.25) is 9.59 Å². The third kappa shape index (κ3) is 5.23. The minimum Gasteiger partial charge on any atom is -0.375 e. The minimum atomic E-state index is 0.0180. The van der Waals surface area contributed by atoms with E-state index in [-0.39, 0.29) is 24.5 Å². The number of amides is 2. The van der Waals surface area contributed by atoms with Crippen LogP contribution in [0.15, 0.2) is 0 Å². The Bertz CT molecular complexity index is 278. The summed E-state index contributed by atoms with van der Waals surface area (Å²) in [4.78, 5) is 24.9. The highest BCUT2D eigenvalue weighted by Gasteiger charge is 2.23. The number of methoxy groups -OCH3 is 1. The quantitative estimate of drug-likeness (QED) is 0.729. The van der Waals surface area contributed by atoms with Crippen molar-refractivity contribution in [1.29, 1.82) is 0 Å². The van der Waals surface area contributed by atoms with Crippen molar-refractivity contribution < 1.29 is 14.3 Å². The molecule has 2 amide bonds. The highest BCUT2D eigenvalue weighted by atomic mass is 35.5. The van der Waals surface area contributed by atoms with Crippen molar-refractivity contribution in [1.82, 2.24) is 10.2 Å². The third-order valence-corrected chi connectivity index (χ3v) is 3.29. The molecule has 18 heavy (non-hydrogen) atoms. The SMILES string of the molecule is COCC(=O)N1CCC(NC(=O)CCCCl)CC1. The Morgan fingerprint density at radius 1 is 1.39 bits per heavy atom. The number of likely N-dealkylation sites (tertiary alicyclic amines) is 1. The van der Waals surface area contributed by atoms with Crippen molar-refractivity contribution in [2.45, 2.75) is 31.7 Å². The normalized spacial score (nSPS) is 16.7. The molecule has 1 aliphatic rings. The van der Waals surface area contributed by atoms with Crippen molar-refractivity contribution in [3.63, 3.8) is 0 Å². The molecule has 1 N–H and O–H groups in total. The summed E-state index contributed by atoms with van der Waals surface area (Å²) in [5.41, 5.74) is 0. The van der Waals surface area contributed by atoms with Crippen LogP contribution in [0.25, 0.3) is 0 Å². The average molecular weight is 277 g/mol. The van der Waals surface area contributed by atoms with Crippen LogP contribution in [0.3, 0.4) is 0 Å². The predicted octanol–water partition coefficient (Wildman–Crippen LogP) is 0.759. The summed E-state index contributed by atoms with van der Waals surface area (Å²) in [6, 6.07) is 0.180. The van der Waals surface area contributed by atoms with Gasteiger partial charge in [-0.1, -0.05) is 0 Å². The van der Waals surface area contributed by atoms with Gasteiger partial charge in [0, 0.05) is 38.5 Å². The van der Waals surface area contributed by atoms with Crippen LogP contribution in [0.5, 0.6) is 0 Å². The van der Waals surface area contributed by atoms with Crippen molar-refractivity contribution in [3.05, 3.63) is 0 Å². The molecule has 5 nitrogen and oxygen atoms in total. The zero-order valence-electron chi connectivity index (χ0n) is 10.8. The Labute approximate surface area is 113 Å². The molecule has 0 radical (unpaired) electrons. The van der Waals surface area contributed by atoms with E-state index in [1.807, 2.05) is 0 Å².